The summed E-state index contributed by atoms with van der Waals surface area (Å²) in [5.74, 6) is 0.00204. The maximum Gasteiger partial charge on any atom is 0.331 e. The first kappa shape index (κ1) is 8.93. The third-order valence-corrected chi connectivity index (χ3v) is 4.57. The second-order valence-electron chi connectivity index (χ2n) is 5.24. The lowest BCUT2D eigenvalue weighted by Crippen LogP contribution is -2.67. The van der Waals surface area contributed by atoms with E-state index in [-0.39, 0.29) is 23.8 Å². The predicted molar refractivity (Wildman–Crippen MR) is 54.7 cm³/mol. The molecule has 3 atom stereocenters. The van der Waals surface area contributed by atoms with Crippen LogP contribution >= 0.6 is 0 Å². The molecule has 3 saturated heterocycles. The maximum atomic E-state index is 12.0. The van der Waals surface area contributed by atoms with Crippen LogP contribution in [0.25, 0.3) is 0 Å². The average molecular weight is 219 g/mol. The molecule has 5 rings (SSSR count). The lowest BCUT2D eigenvalue weighted by molar-refractivity contribution is -0.167. The molecule has 0 unspecified atom stereocenters. The number of carbonyl (C=O) groups is 2. The van der Waals surface area contributed by atoms with Gasteiger partial charge in [-0.05, 0) is 31.4 Å². The first-order valence-corrected chi connectivity index (χ1v) is 5.93. The van der Waals surface area contributed by atoms with Crippen LogP contribution in [0.3, 0.4) is 0 Å². The summed E-state index contributed by atoms with van der Waals surface area (Å²) in [5, 5.41) is 0. The highest BCUT2D eigenvalue weighted by Crippen LogP contribution is 2.52. The van der Waals surface area contributed by atoms with Gasteiger partial charge in [0.2, 0.25) is 0 Å². The third-order valence-electron chi connectivity index (χ3n) is 4.57. The zero-order valence-corrected chi connectivity index (χ0v) is 8.94. The van der Waals surface area contributed by atoms with Gasteiger partial charge in [-0.15, -0.1) is 0 Å². The second-order valence-corrected chi connectivity index (χ2v) is 5.24. The maximum absolute atomic E-state index is 12.0. The molecule has 84 valence electrons. The van der Waals surface area contributed by atoms with E-state index in [1.54, 1.807) is 6.08 Å². The van der Waals surface area contributed by atoms with Crippen LogP contribution in [0.1, 0.15) is 25.7 Å². The fourth-order valence-corrected chi connectivity index (χ4v) is 3.98. The van der Waals surface area contributed by atoms with Crippen molar-refractivity contribution >= 4 is 11.8 Å². The van der Waals surface area contributed by atoms with E-state index in [1.807, 2.05) is 0 Å². The van der Waals surface area contributed by atoms with Gasteiger partial charge in [0.1, 0.15) is 0 Å². The van der Waals surface area contributed by atoms with Gasteiger partial charge in [-0.1, -0.05) is 0 Å². The number of Topliss-reactive ketones (excluding diaryl/α,β-unsaturated/α-hetero) is 1. The molecule has 5 aliphatic rings. The van der Waals surface area contributed by atoms with Crippen molar-refractivity contribution in [1.29, 1.82) is 0 Å². The molecule has 1 aliphatic carbocycles. The fraction of sp³-hybridized carbons (Fsp3) is 0.667. The number of esters is 1. The molecule has 1 saturated carbocycles. The van der Waals surface area contributed by atoms with Crippen LogP contribution in [0.15, 0.2) is 11.6 Å². The van der Waals surface area contributed by atoms with E-state index in [9.17, 15) is 9.59 Å². The molecular formula is C12H13NO3. The lowest BCUT2D eigenvalue weighted by atomic mass is 9.68. The Morgan fingerprint density at radius 3 is 3.19 bits per heavy atom. The predicted octanol–water partition coefficient (Wildman–Crippen LogP) is 0.418. The minimum atomic E-state index is -0.570. The summed E-state index contributed by atoms with van der Waals surface area (Å²) < 4.78 is 5.53. The van der Waals surface area contributed by atoms with Crippen molar-refractivity contribution in [2.24, 2.45) is 0 Å². The Hall–Kier alpha value is -1.16. The van der Waals surface area contributed by atoms with Crippen molar-refractivity contribution in [3.63, 3.8) is 0 Å². The molecule has 0 aromatic carbocycles. The zero-order chi connectivity index (χ0) is 10.9. The van der Waals surface area contributed by atoms with Gasteiger partial charge in [0.05, 0.1) is 18.5 Å². The van der Waals surface area contributed by atoms with Gasteiger partial charge in [0.25, 0.3) is 0 Å². The van der Waals surface area contributed by atoms with Crippen molar-refractivity contribution in [1.82, 2.24) is 4.90 Å². The molecule has 0 radical (unpaired) electrons. The Morgan fingerprint density at radius 1 is 1.44 bits per heavy atom. The van der Waals surface area contributed by atoms with Crippen LogP contribution in [0.5, 0.6) is 0 Å². The summed E-state index contributed by atoms with van der Waals surface area (Å²) in [6.07, 6.45) is 4.90. The van der Waals surface area contributed by atoms with Gasteiger partial charge in [-0.25, -0.2) is 4.79 Å². The van der Waals surface area contributed by atoms with Crippen molar-refractivity contribution in [3.8, 4) is 0 Å². The lowest BCUT2D eigenvalue weighted by Gasteiger charge is -2.53. The Bertz CT molecular complexity index is 442. The molecule has 4 fully saturated rings. The number of hydrogen-bond donors (Lipinski definition) is 0. The van der Waals surface area contributed by atoms with Crippen LogP contribution in [-0.4, -0.2) is 40.9 Å². The molecule has 0 aromatic rings. The number of ether oxygens (including phenoxy) is 1. The summed E-state index contributed by atoms with van der Waals surface area (Å²) in [6.45, 7) is 0.980. The Labute approximate surface area is 93.2 Å². The monoisotopic (exact) mass is 219 g/mol. The van der Waals surface area contributed by atoms with Gasteiger partial charge in [-0.3, -0.25) is 9.69 Å². The van der Waals surface area contributed by atoms with E-state index >= 15 is 0 Å². The Morgan fingerprint density at radius 2 is 2.31 bits per heavy atom. The largest absolute Gasteiger partial charge is 0.449 e. The number of hydrogen-bond acceptors (Lipinski definition) is 4. The molecular weight excluding hydrogens is 206 g/mol. The van der Waals surface area contributed by atoms with E-state index in [1.165, 1.54) is 0 Å². The van der Waals surface area contributed by atoms with Crippen molar-refractivity contribution < 1.29 is 14.3 Å². The molecule has 4 heterocycles. The SMILES string of the molecule is O=C1C=C2C[C@H]3C(=O)C[C@]2(O1)[C@@H]1CCCN13. The summed E-state index contributed by atoms with van der Waals surface area (Å²) >= 11 is 0. The van der Waals surface area contributed by atoms with Gasteiger partial charge in [0.15, 0.2) is 11.4 Å². The van der Waals surface area contributed by atoms with Crippen molar-refractivity contribution in [3.05, 3.63) is 11.6 Å². The summed E-state index contributed by atoms with van der Waals surface area (Å²) in [6, 6.07) is 0.289. The highest BCUT2D eigenvalue weighted by atomic mass is 16.6. The number of fused-ring (bicyclic) bond motifs is 1. The van der Waals surface area contributed by atoms with Gasteiger partial charge >= 0.3 is 5.97 Å². The number of ketones is 1. The topological polar surface area (TPSA) is 46.6 Å². The van der Waals surface area contributed by atoms with E-state index < -0.39 is 5.60 Å². The number of piperidine rings is 2. The highest BCUT2D eigenvalue weighted by Gasteiger charge is 2.63. The normalized spacial score (nSPS) is 45.4. The second kappa shape index (κ2) is 2.56. The molecule has 4 aliphatic heterocycles. The van der Waals surface area contributed by atoms with Crippen LogP contribution in [0.2, 0.25) is 0 Å². The average Bonchev–Trinajstić information content (AvgIpc) is 2.79. The van der Waals surface area contributed by atoms with Crippen LogP contribution < -0.4 is 0 Å². The molecule has 4 heteroatoms. The smallest absolute Gasteiger partial charge is 0.331 e. The highest BCUT2D eigenvalue weighted by molar-refractivity contribution is 5.95. The number of carbonyl (C=O) groups excluding carboxylic acids is 2. The van der Waals surface area contributed by atoms with Gasteiger partial charge in [0, 0.05) is 6.08 Å². The molecule has 0 amide bonds. The van der Waals surface area contributed by atoms with Gasteiger partial charge in [-0.2, -0.15) is 0 Å². The quantitative estimate of drug-likeness (QED) is 0.554. The Kier molecular flexibility index (Phi) is 1.43. The molecule has 2 bridgehead atoms. The molecule has 1 spiro atoms. The van der Waals surface area contributed by atoms with Crippen molar-refractivity contribution in [2.75, 3.05) is 6.54 Å². The van der Waals surface area contributed by atoms with Crippen LogP contribution in [0.4, 0.5) is 0 Å². The molecule has 16 heavy (non-hydrogen) atoms. The van der Waals surface area contributed by atoms with E-state index in [2.05, 4.69) is 4.90 Å². The first-order valence-electron chi connectivity index (χ1n) is 5.93. The molecule has 0 aromatic heterocycles. The minimum absolute atomic E-state index is 0.0233. The Balaban J connectivity index is 1.89. The molecule has 4 nitrogen and oxygen atoms in total. The van der Waals surface area contributed by atoms with Crippen LogP contribution in [0, 0.1) is 0 Å². The number of nitrogens with zero attached hydrogens (tertiary/aromatic N) is 1. The standard InChI is InChI=1S/C12H13NO3/c14-9-6-12-7(5-11(15)16-12)4-8(9)13-3-1-2-10(12)13/h5,8,10H,1-4,6H2/t8-,10-,12+/m0/s1. The van der Waals surface area contributed by atoms with Crippen molar-refractivity contribution in [2.45, 2.75) is 43.4 Å². The molecule has 0 N–H and O–H groups in total. The van der Waals surface area contributed by atoms with Gasteiger partial charge < -0.3 is 4.74 Å². The minimum Gasteiger partial charge on any atom is -0.449 e. The van der Waals surface area contributed by atoms with E-state index in [4.69, 9.17) is 4.74 Å². The van der Waals surface area contributed by atoms with E-state index in [0.29, 0.717) is 12.8 Å². The first-order chi connectivity index (χ1) is 7.71. The van der Waals surface area contributed by atoms with Crippen LogP contribution in [-0.2, 0) is 14.3 Å². The number of rotatable bonds is 0. The van der Waals surface area contributed by atoms with E-state index in [0.717, 1.165) is 25.0 Å². The third kappa shape index (κ3) is 0.820. The fourth-order valence-electron chi connectivity index (χ4n) is 3.98. The summed E-state index contributed by atoms with van der Waals surface area (Å²) in [7, 11) is 0. The summed E-state index contributed by atoms with van der Waals surface area (Å²) in [5.41, 5.74) is 0.504. The summed E-state index contributed by atoms with van der Waals surface area (Å²) in [4.78, 5) is 25.7. The zero-order valence-electron chi connectivity index (χ0n) is 8.94.